The van der Waals surface area contributed by atoms with E-state index < -0.39 is 5.97 Å². The van der Waals surface area contributed by atoms with Crippen LogP contribution in [0.15, 0.2) is 18.2 Å². The highest BCUT2D eigenvalue weighted by atomic mass is 35.5. The molecule has 0 radical (unpaired) electrons. The van der Waals surface area contributed by atoms with Crippen LogP contribution in [0.4, 0.5) is 0 Å². The van der Waals surface area contributed by atoms with E-state index in [9.17, 15) is 4.79 Å². The van der Waals surface area contributed by atoms with Gasteiger partial charge in [0.25, 0.3) is 0 Å². The number of halogens is 2. The van der Waals surface area contributed by atoms with Crippen LogP contribution in [-0.4, -0.2) is 22.5 Å². The minimum atomic E-state index is -0.538. The molecule has 0 aliphatic heterocycles. The molecule has 4 nitrogen and oxygen atoms in total. The van der Waals surface area contributed by atoms with Gasteiger partial charge in [-0.2, -0.15) is 0 Å². The quantitative estimate of drug-likeness (QED) is 0.622. The van der Waals surface area contributed by atoms with Gasteiger partial charge in [-0.05, 0) is 36.7 Å². The molecule has 0 aliphatic rings. The summed E-state index contributed by atoms with van der Waals surface area (Å²) in [6, 6.07) is 4.95. The Morgan fingerprint density at radius 3 is 2.82 bits per heavy atom. The lowest BCUT2D eigenvalue weighted by Gasteiger charge is -2.05. The first-order valence-electron chi connectivity index (χ1n) is 4.91. The highest BCUT2D eigenvalue weighted by Gasteiger charge is 2.15. The van der Waals surface area contributed by atoms with Gasteiger partial charge in [-0.3, -0.25) is 0 Å². The maximum Gasteiger partial charge on any atom is 0.357 e. The number of fused-ring (bicyclic) bond motifs is 1. The zero-order chi connectivity index (χ0) is 12.4. The van der Waals surface area contributed by atoms with Crippen LogP contribution >= 0.6 is 23.2 Å². The van der Waals surface area contributed by atoms with Crippen molar-refractivity contribution in [3.05, 3.63) is 34.2 Å². The Morgan fingerprint density at radius 2 is 2.12 bits per heavy atom. The molecule has 88 valence electrons. The van der Waals surface area contributed by atoms with E-state index in [0.717, 1.165) is 0 Å². The Balaban J connectivity index is 2.67. The molecule has 1 aromatic carbocycles. The molecule has 0 amide bonds. The summed E-state index contributed by atoms with van der Waals surface area (Å²) in [5.41, 5.74) is 0.682. The first-order valence-corrected chi connectivity index (χ1v) is 5.67. The van der Waals surface area contributed by atoms with Crippen molar-refractivity contribution in [1.29, 1.82) is 0 Å². The molecular weight excluding hydrogens is 263 g/mol. The minimum Gasteiger partial charge on any atom is -0.461 e. The van der Waals surface area contributed by atoms with E-state index in [1.807, 2.05) is 0 Å². The Morgan fingerprint density at radius 1 is 1.35 bits per heavy atom. The topological polar surface area (TPSA) is 52.1 Å². The van der Waals surface area contributed by atoms with Gasteiger partial charge in [0.15, 0.2) is 5.69 Å². The van der Waals surface area contributed by atoms with E-state index in [4.69, 9.17) is 27.9 Å². The summed E-state index contributed by atoms with van der Waals surface area (Å²) in [5.74, 6) is -0.538. The predicted molar refractivity (Wildman–Crippen MR) is 65.5 cm³/mol. The fourth-order valence-electron chi connectivity index (χ4n) is 1.43. The second-order valence-corrected chi connectivity index (χ2v) is 4.00. The molecule has 0 atom stereocenters. The van der Waals surface area contributed by atoms with Crippen LogP contribution in [0.25, 0.3) is 10.9 Å². The first-order chi connectivity index (χ1) is 8.11. The fraction of sp³-hybridized carbons (Fsp3) is 0.182. The van der Waals surface area contributed by atoms with Gasteiger partial charge in [0.05, 0.1) is 12.1 Å². The average molecular weight is 271 g/mol. The molecular formula is C11H8Cl2N2O2. The Kier molecular flexibility index (Phi) is 3.45. The summed E-state index contributed by atoms with van der Waals surface area (Å²) in [6.45, 7) is 1.98. The van der Waals surface area contributed by atoms with Crippen LogP contribution in [0.2, 0.25) is 10.3 Å². The van der Waals surface area contributed by atoms with Crippen molar-refractivity contribution in [2.75, 3.05) is 6.61 Å². The molecule has 1 heterocycles. The lowest BCUT2D eigenvalue weighted by molar-refractivity contribution is 0.0522. The molecule has 0 spiro atoms. The smallest absolute Gasteiger partial charge is 0.357 e. The standard InChI is InChI=1S/C11H8Cl2N2O2/c1-2-17-10(16)9-7-5-6(12)3-4-8(7)14-11(13)15-9/h3-5H,2H2,1H3. The van der Waals surface area contributed by atoms with E-state index >= 15 is 0 Å². The van der Waals surface area contributed by atoms with Gasteiger partial charge in [-0.25, -0.2) is 14.8 Å². The van der Waals surface area contributed by atoms with Crippen molar-refractivity contribution in [1.82, 2.24) is 9.97 Å². The van der Waals surface area contributed by atoms with E-state index in [-0.39, 0.29) is 17.6 Å². The minimum absolute atomic E-state index is 0.00266. The van der Waals surface area contributed by atoms with Crippen LogP contribution in [0.5, 0.6) is 0 Å². The van der Waals surface area contributed by atoms with E-state index in [1.54, 1.807) is 25.1 Å². The van der Waals surface area contributed by atoms with Crippen LogP contribution in [0.3, 0.4) is 0 Å². The number of ether oxygens (including phenoxy) is 1. The number of nitrogens with zero attached hydrogens (tertiary/aromatic N) is 2. The van der Waals surface area contributed by atoms with Gasteiger partial charge >= 0.3 is 5.97 Å². The van der Waals surface area contributed by atoms with Crippen molar-refractivity contribution < 1.29 is 9.53 Å². The maximum atomic E-state index is 11.7. The van der Waals surface area contributed by atoms with Gasteiger partial charge < -0.3 is 4.74 Å². The number of carbonyl (C=O) groups excluding carboxylic acids is 1. The monoisotopic (exact) mass is 270 g/mol. The normalized spacial score (nSPS) is 10.5. The van der Waals surface area contributed by atoms with E-state index in [2.05, 4.69) is 9.97 Å². The zero-order valence-electron chi connectivity index (χ0n) is 8.91. The molecule has 17 heavy (non-hydrogen) atoms. The molecule has 0 N–H and O–H groups in total. The van der Waals surface area contributed by atoms with Crippen molar-refractivity contribution in [3.8, 4) is 0 Å². The van der Waals surface area contributed by atoms with Gasteiger partial charge in [0, 0.05) is 10.4 Å². The number of esters is 1. The molecule has 6 heteroatoms. The lowest BCUT2D eigenvalue weighted by atomic mass is 10.2. The Hall–Kier alpha value is -1.39. The third-order valence-electron chi connectivity index (χ3n) is 2.10. The number of hydrogen-bond donors (Lipinski definition) is 0. The molecule has 0 fully saturated rings. The van der Waals surface area contributed by atoms with Crippen molar-refractivity contribution in [3.63, 3.8) is 0 Å². The van der Waals surface area contributed by atoms with Gasteiger partial charge in [-0.1, -0.05) is 11.6 Å². The van der Waals surface area contributed by atoms with Gasteiger partial charge in [-0.15, -0.1) is 0 Å². The maximum absolute atomic E-state index is 11.7. The van der Waals surface area contributed by atoms with Gasteiger partial charge in [0.1, 0.15) is 0 Å². The third-order valence-corrected chi connectivity index (χ3v) is 2.50. The van der Waals surface area contributed by atoms with Crippen molar-refractivity contribution in [2.24, 2.45) is 0 Å². The Bertz CT molecular complexity index is 587. The summed E-state index contributed by atoms with van der Waals surface area (Å²) in [5, 5.41) is 1.03. The highest BCUT2D eigenvalue weighted by Crippen LogP contribution is 2.22. The number of carbonyl (C=O) groups is 1. The molecule has 2 aromatic rings. The van der Waals surface area contributed by atoms with Crippen LogP contribution < -0.4 is 0 Å². The molecule has 1 aromatic heterocycles. The lowest BCUT2D eigenvalue weighted by Crippen LogP contribution is -2.08. The number of rotatable bonds is 2. The fourth-order valence-corrected chi connectivity index (χ4v) is 1.78. The first kappa shape index (κ1) is 12.1. The molecule has 0 unspecified atom stereocenters. The molecule has 0 saturated carbocycles. The Labute approximate surface area is 108 Å². The summed E-state index contributed by atoms with van der Waals surface area (Å²) in [7, 11) is 0. The van der Waals surface area contributed by atoms with Crippen LogP contribution in [0.1, 0.15) is 17.4 Å². The number of aromatic nitrogens is 2. The summed E-state index contributed by atoms with van der Waals surface area (Å²) >= 11 is 11.6. The summed E-state index contributed by atoms with van der Waals surface area (Å²) in [4.78, 5) is 19.6. The molecule has 0 aliphatic carbocycles. The molecule has 0 bridgehead atoms. The molecule has 2 rings (SSSR count). The van der Waals surface area contributed by atoms with E-state index in [0.29, 0.717) is 15.9 Å². The number of hydrogen-bond acceptors (Lipinski definition) is 4. The molecule has 0 saturated heterocycles. The van der Waals surface area contributed by atoms with Crippen molar-refractivity contribution in [2.45, 2.75) is 6.92 Å². The van der Waals surface area contributed by atoms with E-state index in [1.165, 1.54) is 0 Å². The van der Waals surface area contributed by atoms with Gasteiger partial charge in [0.2, 0.25) is 5.28 Å². The largest absolute Gasteiger partial charge is 0.461 e. The van der Waals surface area contributed by atoms with Crippen LogP contribution in [0, 0.1) is 0 Å². The van der Waals surface area contributed by atoms with Crippen molar-refractivity contribution >= 4 is 40.1 Å². The number of benzene rings is 1. The second kappa shape index (κ2) is 4.85. The zero-order valence-corrected chi connectivity index (χ0v) is 10.4. The summed E-state index contributed by atoms with van der Waals surface area (Å²) in [6.07, 6.45) is 0. The average Bonchev–Trinajstić information content (AvgIpc) is 2.29. The summed E-state index contributed by atoms with van der Waals surface area (Å²) < 4.78 is 4.90. The predicted octanol–water partition coefficient (Wildman–Crippen LogP) is 3.11. The highest BCUT2D eigenvalue weighted by molar-refractivity contribution is 6.31. The van der Waals surface area contributed by atoms with Crippen LogP contribution in [-0.2, 0) is 4.74 Å². The third kappa shape index (κ3) is 2.48. The SMILES string of the molecule is CCOC(=O)c1nc(Cl)nc2ccc(Cl)cc12. The second-order valence-electron chi connectivity index (χ2n) is 3.22.